The molecule has 1 N–H and O–H groups in total. The van der Waals surface area contributed by atoms with Gasteiger partial charge in [-0.1, -0.05) is 0 Å². The molecule has 0 radical (unpaired) electrons. The molecule has 1 aromatic carbocycles. The first-order valence-corrected chi connectivity index (χ1v) is 6.19. The van der Waals surface area contributed by atoms with E-state index in [1.54, 1.807) is 28.1 Å². The van der Waals surface area contributed by atoms with E-state index < -0.39 is 11.4 Å². The van der Waals surface area contributed by atoms with Crippen molar-refractivity contribution in [1.82, 2.24) is 0 Å². The number of hydrogen-bond acceptors (Lipinski definition) is 3. The van der Waals surface area contributed by atoms with Crippen molar-refractivity contribution in [2.24, 2.45) is 5.41 Å². The van der Waals surface area contributed by atoms with E-state index >= 15 is 0 Å². The summed E-state index contributed by atoms with van der Waals surface area (Å²) < 4.78 is 10.7. The maximum Gasteiger partial charge on any atom is 0.309 e. The van der Waals surface area contributed by atoms with Gasteiger partial charge in [-0.3, -0.25) is 4.79 Å². The highest BCUT2D eigenvalue weighted by Crippen LogP contribution is 2.37. The van der Waals surface area contributed by atoms with Crippen molar-refractivity contribution < 1.29 is 19.4 Å². The molecule has 0 spiro atoms. The van der Waals surface area contributed by atoms with Crippen LogP contribution in [-0.4, -0.2) is 25.3 Å². The van der Waals surface area contributed by atoms with Crippen molar-refractivity contribution in [3.63, 3.8) is 0 Å². The molecule has 106 valence electrons. The number of carbonyl (C=O) groups is 1. The van der Waals surface area contributed by atoms with E-state index in [-0.39, 0.29) is 0 Å². The normalized spacial score (nSPS) is 11.3. The zero-order valence-corrected chi connectivity index (χ0v) is 12.5. The molecular weight excluding hydrogens is 244 g/mol. The van der Waals surface area contributed by atoms with Gasteiger partial charge in [-0.15, -0.1) is 0 Å². The van der Waals surface area contributed by atoms with Crippen LogP contribution < -0.4 is 9.47 Å². The number of carboxylic acid groups (broad SMARTS) is 1. The highest BCUT2D eigenvalue weighted by atomic mass is 16.5. The Bertz CT molecular complexity index is 489. The molecule has 0 saturated carbocycles. The summed E-state index contributed by atoms with van der Waals surface area (Å²) in [4.78, 5) is 11.2. The molecule has 0 aliphatic rings. The molecule has 0 aliphatic carbocycles. The number of aliphatic carboxylic acids is 1. The van der Waals surface area contributed by atoms with Gasteiger partial charge in [0, 0.05) is 0 Å². The van der Waals surface area contributed by atoms with E-state index in [1.165, 1.54) is 0 Å². The van der Waals surface area contributed by atoms with Crippen LogP contribution >= 0.6 is 0 Å². The summed E-state index contributed by atoms with van der Waals surface area (Å²) in [7, 11) is 3.18. The van der Waals surface area contributed by atoms with E-state index in [1.807, 2.05) is 19.9 Å². The Balaban J connectivity index is 3.31. The zero-order valence-electron chi connectivity index (χ0n) is 12.5. The highest BCUT2D eigenvalue weighted by molar-refractivity contribution is 5.74. The van der Waals surface area contributed by atoms with Crippen molar-refractivity contribution in [2.75, 3.05) is 14.2 Å². The molecule has 4 nitrogen and oxygen atoms in total. The molecule has 0 amide bonds. The molecule has 0 aromatic heterocycles. The Labute approximate surface area is 114 Å². The predicted octanol–water partition coefficient (Wildman–Crippen LogP) is 2.97. The predicted molar refractivity (Wildman–Crippen MR) is 74.1 cm³/mol. The average Bonchev–Trinajstić information content (AvgIpc) is 2.34. The van der Waals surface area contributed by atoms with Crippen LogP contribution in [0.5, 0.6) is 11.5 Å². The lowest BCUT2D eigenvalue weighted by molar-refractivity contribution is -0.146. The monoisotopic (exact) mass is 266 g/mol. The topological polar surface area (TPSA) is 55.8 Å². The van der Waals surface area contributed by atoms with Gasteiger partial charge in [0.15, 0.2) is 11.5 Å². The second kappa shape index (κ2) is 5.51. The summed E-state index contributed by atoms with van der Waals surface area (Å²) in [5.74, 6) is 0.540. The summed E-state index contributed by atoms with van der Waals surface area (Å²) >= 11 is 0. The van der Waals surface area contributed by atoms with Crippen LogP contribution in [0.4, 0.5) is 0 Å². The lowest BCUT2D eigenvalue weighted by Gasteiger charge is -2.23. The molecule has 0 atom stereocenters. The number of ether oxygens (including phenoxy) is 2. The quantitative estimate of drug-likeness (QED) is 0.890. The molecule has 0 unspecified atom stereocenters. The van der Waals surface area contributed by atoms with Gasteiger partial charge in [0.1, 0.15) is 0 Å². The Hall–Kier alpha value is -1.71. The van der Waals surface area contributed by atoms with Gasteiger partial charge in [0.2, 0.25) is 0 Å². The van der Waals surface area contributed by atoms with Crippen LogP contribution in [-0.2, 0) is 11.2 Å². The van der Waals surface area contributed by atoms with Gasteiger partial charge in [-0.25, -0.2) is 0 Å². The van der Waals surface area contributed by atoms with Crippen LogP contribution in [0, 0.1) is 19.3 Å². The van der Waals surface area contributed by atoms with Crippen molar-refractivity contribution in [1.29, 1.82) is 0 Å². The summed E-state index contributed by atoms with van der Waals surface area (Å²) in [6.07, 6.45) is 0.454. The molecular formula is C15H22O4. The van der Waals surface area contributed by atoms with Gasteiger partial charge in [0.05, 0.1) is 19.6 Å². The summed E-state index contributed by atoms with van der Waals surface area (Å²) in [5.41, 5.74) is 2.20. The van der Waals surface area contributed by atoms with E-state index in [2.05, 4.69) is 0 Å². The fourth-order valence-electron chi connectivity index (χ4n) is 2.07. The minimum Gasteiger partial charge on any atom is -0.493 e. The second-order valence-corrected chi connectivity index (χ2v) is 5.39. The van der Waals surface area contributed by atoms with Crippen LogP contribution in [0.15, 0.2) is 6.07 Å². The minimum absolute atomic E-state index is 0.454. The smallest absolute Gasteiger partial charge is 0.309 e. The van der Waals surface area contributed by atoms with Crippen molar-refractivity contribution in [3.8, 4) is 11.5 Å². The van der Waals surface area contributed by atoms with Crippen molar-refractivity contribution in [3.05, 3.63) is 22.8 Å². The van der Waals surface area contributed by atoms with Crippen LogP contribution in [0.3, 0.4) is 0 Å². The zero-order chi connectivity index (χ0) is 14.8. The number of methoxy groups -OCH3 is 2. The molecule has 0 aliphatic heterocycles. The summed E-state index contributed by atoms with van der Waals surface area (Å²) in [6, 6.07) is 1.87. The summed E-state index contributed by atoms with van der Waals surface area (Å²) in [6.45, 7) is 7.38. The molecule has 1 rings (SSSR count). The number of carboxylic acids is 1. The molecule has 0 heterocycles. The first kappa shape index (κ1) is 15.3. The Morgan fingerprint density at radius 2 is 1.79 bits per heavy atom. The van der Waals surface area contributed by atoms with Crippen LogP contribution in [0.25, 0.3) is 0 Å². The molecule has 4 heteroatoms. The Morgan fingerprint density at radius 1 is 1.21 bits per heavy atom. The van der Waals surface area contributed by atoms with Crippen LogP contribution in [0.1, 0.15) is 30.5 Å². The number of hydrogen-bond donors (Lipinski definition) is 1. The lowest BCUT2D eigenvalue weighted by atomic mass is 9.83. The fourth-order valence-corrected chi connectivity index (χ4v) is 2.07. The molecule has 19 heavy (non-hydrogen) atoms. The average molecular weight is 266 g/mol. The number of benzene rings is 1. The fraction of sp³-hybridized carbons (Fsp3) is 0.533. The van der Waals surface area contributed by atoms with Crippen molar-refractivity contribution >= 4 is 5.97 Å². The third-order valence-electron chi connectivity index (χ3n) is 3.55. The van der Waals surface area contributed by atoms with Gasteiger partial charge < -0.3 is 14.6 Å². The third kappa shape index (κ3) is 3.00. The van der Waals surface area contributed by atoms with Gasteiger partial charge >= 0.3 is 5.97 Å². The van der Waals surface area contributed by atoms with E-state index in [0.717, 1.165) is 16.7 Å². The largest absolute Gasteiger partial charge is 0.493 e. The van der Waals surface area contributed by atoms with Crippen molar-refractivity contribution in [2.45, 2.75) is 34.1 Å². The Kier molecular flexibility index (Phi) is 4.45. The van der Waals surface area contributed by atoms with Gasteiger partial charge in [-0.2, -0.15) is 0 Å². The molecule has 1 aromatic rings. The SMILES string of the molecule is COc1cc(CC(C)(C)C(=O)O)c(C)c(C)c1OC. The maximum absolute atomic E-state index is 11.2. The third-order valence-corrected chi connectivity index (χ3v) is 3.55. The number of rotatable bonds is 5. The Morgan fingerprint density at radius 3 is 2.21 bits per heavy atom. The standard InChI is InChI=1S/C15H22O4/c1-9-10(2)13(19-6)12(18-5)7-11(9)8-15(3,4)14(16)17/h7H,8H2,1-6H3,(H,16,17). The maximum atomic E-state index is 11.2. The highest BCUT2D eigenvalue weighted by Gasteiger charge is 2.29. The molecule has 0 saturated heterocycles. The van der Waals surface area contributed by atoms with Gasteiger partial charge in [0.25, 0.3) is 0 Å². The van der Waals surface area contributed by atoms with E-state index in [0.29, 0.717) is 17.9 Å². The minimum atomic E-state index is -0.809. The lowest BCUT2D eigenvalue weighted by Crippen LogP contribution is -2.26. The molecule has 0 fully saturated rings. The molecule has 0 bridgehead atoms. The van der Waals surface area contributed by atoms with Crippen LogP contribution in [0.2, 0.25) is 0 Å². The summed E-state index contributed by atoms with van der Waals surface area (Å²) in [5, 5.41) is 9.23. The second-order valence-electron chi connectivity index (χ2n) is 5.39. The van der Waals surface area contributed by atoms with E-state index in [4.69, 9.17) is 9.47 Å². The van der Waals surface area contributed by atoms with E-state index in [9.17, 15) is 9.90 Å². The first-order valence-electron chi connectivity index (χ1n) is 6.19. The first-order chi connectivity index (χ1) is 8.74. The van der Waals surface area contributed by atoms with Gasteiger partial charge in [-0.05, 0) is 56.9 Å².